The van der Waals surface area contributed by atoms with Crippen LogP contribution >= 0.6 is 0 Å². The largest absolute Gasteiger partial charge is 0.326 e. The van der Waals surface area contributed by atoms with Crippen LogP contribution in [0.1, 0.15) is 89.9 Å². The van der Waals surface area contributed by atoms with E-state index in [1.807, 2.05) is 24.3 Å². The van der Waals surface area contributed by atoms with Crippen molar-refractivity contribution in [2.24, 2.45) is 35.5 Å². The Kier molecular flexibility index (Phi) is 6.85. The molecule has 32 heavy (non-hydrogen) atoms. The Labute approximate surface area is 193 Å². The van der Waals surface area contributed by atoms with Crippen molar-refractivity contribution in [3.8, 4) is 0 Å². The Morgan fingerprint density at radius 2 is 1.03 bits per heavy atom. The number of hydrogen-bond donors (Lipinski definition) is 2. The Balaban J connectivity index is 1.15. The normalized spacial score (nSPS) is 34.6. The van der Waals surface area contributed by atoms with Crippen molar-refractivity contribution in [1.82, 2.24) is 0 Å². The number of carbonyl (C=O) groups excluding carboxylic acids is 2. The highest BCUT2D eigenvalue weighted by Gasteiger charge is 2.36. The average Bonchev–Trinajstić information content (AvgIpc) is 2.83. The first-order valence-corrected chi connectivity index (χ1v) is 13.4. The van der Waals surface area contributed by atoms with E-state index >= 15 is 0 Å². The molecule has 0 saturated heterocycles. The number of hydrogen-bond acceptors (Lipinski definition) is 2. The van der Waals surface area contributed by atoms with Gasteiger partial charge in [-0.3, -0.25) is 9.59 Å². The number of rotatable bonds is 4. The molecule has 0 aromatic heterocycles. The van der Waals surface area contributed by atoms with Crippen LogP contribution in [0.2, 0.25) is 0 Å². The van der Waals surface area contributed by atoms with E-state index in [1.54, 1.807) is 0 Å². The Morgan fingerprint density at radius 3 is 1.50 bits per heavy atom. The van der Waals surface area contributed by atoms with Crippen molar-refractivity contribution in [1.29, 1.82) is 0 Å². The average molecular weight is 437 g/mol. The standard InChI is InChI=1S/C28H40N2O2/c31-27(23-14-12-19-6-1-3-8-21(19)16-23)29-25-10-5-11-26(18-25)30-28(32)24-15-13-20-7-2-4-9-22(20)17-24/h5,10-11,18-24H,1-4,6-9,12-17H2,(H,29,31)(H,30,32). The van der Waals surface area contributed by atoms with E-state index in [4.69, 9.17) is 0 Å². The molecule has 4 nitrogen and oxygen atoms in total. The molecule has 4 saturated carbocycles. The van der Waals surface area contributed by atoms with E-state index in [0.29, 0.717) is 0 Å². The first kappa shape index (κ1) is 22.0. The van der Waals surface area contributed by atoms with Crippen molar-refractivity contribution in [2.75, 3.05) is 10.6 Å². The monoisotopic (exact) mass is 436 g/mol. The number of fused-ring (bicyclic) bond motifs is 2. The summed E-state index contributed by atoms with van der Waals surface area (Å²) in [6, 6.07) is 7.73. The van der Waals surface area contributed by atoms with E-state index in [-0.39, 0.29) is 23.7 Å². The van der Waals surface area contributed by atoms with Crippen LogP contribution in [0.5, 0.6) is 0 Å². The summed E-state index contributed by atoms with van der Waals surface area (Å²) in [7, 11) is 0. The smallest absolute Gasteiger partial charge is 0.227 e. The molecule has 0 heterocycles. The minimum Gasteiger partial charge on any atom is -0.326 e. The molecule has 4 aliphatic carbocycles. The molecule has 4 fully saturated rings. The SMILES string of the molecule is O=C(Nc1cccc(NC(=O)C2CCC3CCCCC3C2)c1)C1CCC2CCCCC2C1. The van der Waals surface area contributed by atoms with Gasteiger partial charge in [-0.05, 0) is 80.4 Å². The molecule has 6 atom stereocenters. The maximum absolute atomic E-state index is 13.0. The molecular formula is C28H40N2O2. The number of nitrogens with one attached hydrogen (secondary N) is 2. The third-order valence-corrected chi connectivity index (χ3v) is 9.22. The molecular weight excluding hydrogens is 396 g/mol. The van der Waals surface area contributed by atoms with Gasteiger partial charge < -0.3 is 10.6 Å². The lowest BCUT2D eigenvalue weighted by Gasteiger charge is -2.38. The lowest BCUT2D eigenvalue weighted by Crippen LogP contribution is -2.34. The molecule has 0 spiro atoms. The predicted molar refractivity (Wildman–Crippen MR) is 129 cm³/mol. The molecule has 1 aromatic rings. The zero-order valence-electron chi connectivity index (χ0n) is 19.5. The van der Waals surface area contributed by atoms with Crippen LogP contribution in [0, 0.1) is 35.5 Å². The van der Waals surface area contributed by atoms with Crippen LogP contribution in [0.4, 0.5) is 11.4 Å². The minimum absolute atomic E-state index is 0.137. The molecule has 4 heteroatoms. The summed E-state index contributed by atoms with van der Waals surface area (Å²) in [5.41, 5.74) is 1.60. The quantitative estimate of drug-likeness (QED) is 0.547. The second kappa shape index (κ2) is 9.97. The highest BCUT2D eigenvalue weighted by atomic mass is 16.2. The second-order valence-electron chi connectivity index (χ2n) is 11.2. The second-order valence-corrected chi connectivity index (χ2v) is 11.2. The van der Waals surface area contributed by atoms with Crippen LogP contribution in [-0.4, -0.2) is 11.8 Å². The Bertz CT molecular complexity index is 758. The van der Waals surface area contributed by atoms with Gasteiger partial charge >= 0.3 is 0 Å². The zero-order chi connectivity index (χ0) is 21.9. The molecule has 6 unspecified atom stereocenters. The molecule has 0 radical (unpaired) electrons. The van der Waals surface area contributed by atoms with Gasteiger partial charge in [-0.15, -0.1) is 0 Å². The summed E-state index contributed by atoms with van der Waals surface area (Å²) < 4.78 is 0. The van der Waals surface area contributed by atoms with Crippen molar-refractivity contribution in [2.45, 2.75) is 89.9 Å². The van der Waals surface area contributed by atoms with Crippen molar-refractivity contribution >= 4 is 23.2 Å². The van der Waals surface area contributed by atoms with Gasteiger partial charge in [-0.25, -0.2) is 0 Å². The third-order valence-electron chi connectivity index (χ3n) is 9.22. The number of amides is 2. The van der Waals surface area contributed by atoms with Gasteiger partial charge in [0.1, 0.15) is 0 Å². The molecule has 0 bridgehead atoms. The van der Waals surface area contributed by atoms with Gasteiger partial charge in [-0.2, -0.15) is 0 Å². The molecule has 5 rings (SSSR count). The molecule has 1 aromatic carbocycles. The Morgan fingerprint density at radius 1 is 0.594 bits per heavy atom. The van der Waals surface area contributed by atoms with Crippen molar-refractivity contribution in [3.05, 3.63) is 24.3 Å². The fraction of sp³-hybridized carbons (Fsp3) is 0.714. The number of carbonyl (C=O) groups is 2. The van der Waals surface area contributed by atoms with Gasteiger partial charge in [0.25, 0.3) is 0 Å². The molecule has 2 amide bonds. The predicted octanol–water partition coefficient (Wildman–Crippen LogP) is 6.78. The van der Waals surface area contributed by atoms with Crippen LogP contribution in [-0.2, 0) is 9.59 Å². The minimum atomic E-state index is 0.137. The maximum atomic E-state index is 13.0. The van der Waals surface area contributed by atoms with Crippen molar-refractivity contribution < 1.29 is 9.59 Å². The summed E-state index contributed by atoms with van der Waals surface area (Å²) in [6.07, 6.45) is 17.3. The third kappa shape index (κ3) is 5.05. The van der Waals surface area contributed by atoms with Crippen LogP contribution in [0.25, 0.3) is 0 Å². The highest BCUT2D eigenvalue weighted by Crippen LogP contribution is 2.44. The number of benzene rings is 1. The van der Waals surface area contributed by atoms with E-state index in [9.17, 15) is 9.59 Å². The fourth-order valence-electron chi connectivity index (χ4n) is 7.39. The molecule has 4 aliphatic rings. The first-order valence-electron chi connectivity index (χ1n) is 13.4. The number of anilines is 2. The summed E-state index contributed by atoms with van der Waals surface area (Å²) in [4.78, 5) is 25.9. The lowest BCUT2D eigenvalue weighted by atomic mass is 9.67. The molecule has 174 valence electrons. The van der Waals surface area contributed by atoms with E-state index < -0.39 is 0 Å². The lowest BCUT2D eigenvalue weighted by molar-refractivity contribution is -0.122. The summed E-state index contributed by atoms with van der Waals surface area (Å²) in [5.74, 6) is 3.80. The van der Waals surface area contributed by atoms with Gasteiger partial charge in [0.05, 0.1) is 0 Å². The molecule has 0 aliphatic heterocycles. The van der Waals surface area contributed by atoms with Crippen LogP contribution in [0.15, 0.2) is 24.3 Å². The van der Waals surface area contributed by atoms with Gasteiger partial charge in [0, 0.05) is 23.2 Å². The van der Waals surface area contributed by atoms with E-state index in [2.05, 4.69) is 10.6 Å². The van der Waals surface area contributed by atoms with Crippen molar-refractivity contribution in [3.63, 3.8) is 0 Å². The highest BCUT2D eigenvalue weighted by molar-refractivity contribution is 5.95. The first-order chi connectivity index (χ1) is 15.7. The summed E-state index contributed by atoms with van der Waals surface area (Å²) >= 11 is 0. The fourth-order valence-corrected chi connectivity index (χ4v) is 7.39. The topological polar surface area (TPSA) is 58.2 Å². The van der Waals surface area contributed by atoms with Crippen LogP contribution < -0.4 is 10.6 Å². The molecule has 2 N–H and O–H groups in total. The van der Waals surface area contributed by atoms with E-state index in [1.165, 1.54) is 64.2 Å². The van der Waals surface area contributed by atoms with E-state index in [0.717, 1.165) is 60.7 Å². The van der Waals surface area contributed by atoms with Crippen LogP contribution in [0.3, 0.4) is 0 Å². The Hall–Kier alpha value is -1.84. The summed E-state index contributed by atoms with van der Waals surface area (Å²) in [5, 5.41) is 6.29. The van der Waals surface area contributed by atoms with Gasteiger partial charge in [0.2, 0.25) is 11.8 Å². The summed E-state index contributed by atoms with van der Waals surface area (Å²) in [6.45, 7) is 0. The van der Waals surface area contributed by atoms with Gasteiger partial charge in [-0.1, -0.05) is 57.4 Å². The van der Waals surface area contributed by atoms with Gasteiger partial charge in [0.15, 0.2) is 0 Å². The maximum Gasteiger partial charge on any atom is 0.227 e. The zero-order valence-corrected chi connectivity index (χ0v) is 19.5.